The molecule has 1 saturated heterocycles. The Kier molecular flexibility index (Phi) is 6.34. The van der Waals surface area contributed by atoms with Crippen molar-refractivity contribution in [1.29, 1.82) is 0 Å². The average Bonchev–Trinajstić information content (AvgIpc) is 2.84. The average molecular weight is 344 g/mol. The molecule has 1 aliphatic heterocycles. The lowest BCUT2D eigenvalue weighted by Crippen LogP contribution is -2.43. The molecule has 0 N–H and O–H groups in total. The summed E-state index contributed by atoms with van der Waals surface area (Å²) in [7, 11) is 0. The second kappa shape index (κ2) is 8.28. The fraction of sp³-hybridized carbons (Fsp3) is 0.550. The van der Waals surface area contributed by atoms with E-state index in [9.17, 15) is 14.4 Å². The first-order valence-corrected chi connectivity index (χ1v) is 9.13. The van der Waals surface area contributed by atoms with Crippen LogP contribution in [-0.2, 0) is 9.59 Å². The van der Waals surface area contributed by atoms with Crippen LogP contribution in [0.2, 0.25) is 0 Å². The number of amides is 4. The number of para-hydroxylation sites is 1. The Balaban J connectivity index is 2.24. The summed E-state index contributed by atoms with van der Waals surface area (Å²) >= 11 is 0. The molecule has 0 saturated carbocycles. The fourth-order valence-electron chi connectivity index (χ4n) is 3.27. The van der Waals surface area contributed by atoms with Crippen molar-refractivity contribution in [1.82, 2.24) is 4.90 Å². The van der Waals surface area contributed by atoms with Gasteiger partial charge in [0.1, 0.15) is 6.04 Å². The van der Waals surface area contributed by atoms with Crippen LogP contribution >= 0.6 is 0 Å². The van der Waals surface area contributed by atoms with Gasteiger partial charge in [0.15, 0.2) is 0 Å². The number of hydrogen-bond donors (Lipinski definition) is 0. The number of carbonyl (C=O) groups is 3. The van der Waals surface area contributed by atoms with Crippen molar-refractivity contribution in [3.05, 3.63) is 30.3 Å². The third-order valence-corrected chi connectivity index (χ3v) is 4.64. The van der Waals surface area contributed by atoms with E-state index in [1.165, 1.54) is 4.90 Å². The SMILES string of the molecule is CCCC[C@@H](C)CC(=O)N1C(=O)N(c2ccccc2)C(=O)[C@@H]1C(C)C. The molecule has 2 atom stereocenters. The lowest BCUT2D eigenvalue weighted by Gasteiger charge is -2.24. The van der Waals surface area contributed by atoms with Gasteiger partial charge in [-0.05, 0) is 24.0 Å². The largest absolute Gasteiger partial charge is 0.338 e. The summed E-state index contributed by atoms with van der Waals surface area (Å²) in [6.45, 7) is 7.87. The summed E-state index contributed by atoms with van der Waals surface area (Å²) in [6.07, 6.45) is 3.39. The first-order valence-electron chi connectivity index (χ1n) is 9.13. The zero-order chi connectivity index (χ0) is 18.6. The van der Waals surface area contributed by atoms with Crippen LogP contribution in [0.1, 0.15) is 53.4 Å². The van der Waals surface area contributed by atoms with Crippen molar-refractivity contribution >= 4 is 23.5 Å². The van der Waals surface area contributed by atoms with Gasteiger partial charge in [-0.1, -0.05) is 65.2 Å². The molecule has 0 spiro atoms. The van der Waals surface area contributed by atoms with E-state index in [2.05, 4.69) is 6.92 Å². The van der Waals surface area contributed by atoms with Gasteiger partial charge >= 0.3 is 6.03 Å². The third kappa shape index (κ3) is 4.09. The second-order valence-electron chi connectivity index (χ2n) is 7.20. The van der Waals surface area contributed by atoms with Gasteiger partial charge in [-0.25, -0.2) is 9.69 Å². The normalized spacial score (nSPS) is 19.0. The van der Waals surface area contributed by atoms with Crippen LogP contribution in [0.4, 0.5) is 10.5 Å². The minimum absolute atomic E-state index is 0.125. The first-order chi connectivity index (χ1) is 11.9. The van der Waals surface area contributed by atoms with Gasteiger partial charge in [-0.2, -0.15) is 0 Å². The Morgan fingerprint density at radius 1 is 1.12 bits per heavy atom. The summed E-state index contributed by atoms with van der Waals surface area (Å²) in [5.74, 6) is -0.492. The molecule has 1 heterocycles. The summed E-state index contributed by atoms with van der Waals surface area (Å²) in [5, 5.41) is 0. The number of unbranched alkanes of at least 4 members (excludes halogenated alkanes) is 1. The Bertz CT molecular complexity index is 627. The van der Waals surface area contributed by atoms with Crippen molar-refractivity contribution in [3.8, 4) is 0 Å². The standard InChI is InChI=1S/C20H28N2O3/c1-5-6-10-15(4)13-17(23)22-18(14(2)3)19(24)21(20(22)25)16-11-8-7-9-12-16/h7-9,11-12,14-15,18H,5-6,10,13H2,1-4H3/t15-,18+/m1/s1. The molecule has 0 aromatic heterocycles. The molecule has 4 amide bonds. The quantitative estimate of drug-likeness (QED) is 0.696. The van der Waals surface area contributed by atoms with Gasteiger partial charge in [0.25, 0.3) is 5.91 Å². The number of nitrogens with zero attached hydrogens (tertiary/aromatic N) is 2. The number of carbonyl (C=O) groups excluding carboxylic acids is 3. The number of benzene rings is 1. The monoisotopic (exact) mass is 344 g/mol. The third-order valence-electron chi connectivity index (χ3n) is 4.64. The lowest BCUT2D eigenvalue weighted by molar-refractivity contribution is -0.134. The maximum Gasteiger partial charge on any atom is 0.338 e. The molecular weight excluding hydrogens is 316 g/mol. The van der Waals surface area contributed by atoms with Crippen molar-refractivity contribution in [2.75, 3.05) is 4.90 Å². The molecule has 136 valence electrons. The minimum atomic E-state index is -0.724. The van der Waals surface area contributed by atoms with Crippen molar-refractivity contribution in [3.63, 3.8) is 0 Å². The highest BCUT2D eigenvalue weighted by Crippen LogP contribution is 2.30. The Morgan fingerprint density at radius 2 is 1.76 bits per heavy atom. The number of hydrogen-bond acceptors (Lipinski definition) is 3. The molecule has 2 rings (SSSR count). The molecule has 1 aromatic rings. The lowest BCUT2D eigenvalue weighted by atomic mass is 9.98. The highest BCUT2D eigenvalue weighted by molar-refractivity contribution is 6.25. The van der Waals surface area contributed by atoms with E-state index in [-0.39, 0.29) is 23.7 Å². The van der Waals surface area contributed by atoms with E-state index >= 15 is 0 Å². The first kappa shape index (κ1) is 19.2. The molecule has 0 aliphatic carbocycles. The van der Waals surface area contributed by atoms with Crippen molar-refractivity contribution in [2.45, 2.75) is 59.4 Å². The van der Waals surface area contributed by atoms with Crippen molar-refractivity contribution in [2.24, 2.45) is 11.8 Å². The van der Waals surface area contributed by atoms with E-state index in [4.69, 9.17) is 0 Å². The van der Waals surface area contributed by atoms with Crippen LogP contribution in [0.5, 0.6) is 0 Å². The topological polar surface area (TPSA) is 57.7 Å². The van der Waals surface area contributed by atoms with E-state index in [1.807, 2.05) is 26.8 Å². The van der Waals surface area contributed by atoms with Crippen LogP contribution in [0.3, 0.4) is 0 Å². The van der Waals surface area contributed by atoms with Gasteiger partial charge in [-0.15, -0.1) is 0 Å². The fourth-order valence-corrected chi connectivity index (χ4v) is 3.27. The molecule has 1 aromatic carbocycles. The number of imide groups is 2. The van der Waals surface area contributed by atoms with E-state index in [1.54, 1.807) is 24.3 Å². The Morgan fingerprint density at radius 3 is 2.32 bits per heavy atom. The van der Waals surface area contributed by atoms with Crippen LogP contribution in [-0.4, -0.2) is 28.8 Å². The summed E-state index contributed by atoms with van der Waals surface area (Å²) < 4.78 is 0. The van der Waals surface area contributed by atoms with Gasteiger partial charge < -0.3 is 0 Å². The summed E-state index contributed by atoms with van der Waals surface area (Å²) in [6, 6.07) is 7.55. The van der Waals surface area contributed by atoms with Gasteiger partial charge in [0.05, 0.1) is 5.69 Å². The molecule has 1 aliphatic rings. The molecule has 0 radical (unpaired) electrons. The van der Waals surface area contributed by atoms with Crippen LogP contribution < -0.4 is 4.90 Å². The molecule has 1 fully saturated rings. The minimum Gasteiger partial charge on any atom is -0.274 e. The van der Waals surface area contributed by atoms with Gasteiger partial charge in [0.2, 0.25) is 5.91 Å². The van der Waals surface area contributed by atoms with E-state index in [0.717, 1.165) is 24.2 Å². The predicted molar refractivity (Wildman–Crippen MR) is 98.1 cm³/mol. The van der Waals surface area contributed by atoms with Crippen LogP contribution in [0.25, 0.3) is 0 Å². The van der Waals surface area contributed by atoms with Crippen LogP contribution in [0, 0.1) is 11.8 Å². The molecule has 25 heavy (non-hydrogen) atoms. The highest BCUT2D eigenvalue weighted by Gasteiger charge is 2.50. The Labute approximate surface area is 150 Å². The van der Waals surface area contributed by atoms with Crippen LogP contribution in [0.15, 0.2) is 30.3 Å². The van der Waals surface area contributed by atoms with E-state index < -0.39 is 12.1 Å². The smallest absolute Gasteiger partial charge is 0.274 e. The zero-order valence-electron chi connectivity index (χ0n) is 15.6. The molecule has 5 nitrogen and oxygen atoms in total. The summed E-state index contributed by atoms with van der Waals surface area (Å²) in [5.41, 5.74) is 0.512. The number of anilines is 1. The number of rotatable bonds is 7. The van der Waals surface area contributed by atoms with E-state index in [0.29, 0.717) is 12.1 Å². The van der Waals surface area contributed by atoms with Gasteiger partial charge in [-0.3, -0.25) is 14.5 Å². The molecule has 5 heteroatoms. The predicted octanol–water partition coefficient (Wildman–Crippen LogP) is 4.22. The maximum atomic E-state index is 12.9. The second-order valence-corrected chi connectivity index (χ2v) is 7.20. The molecular formula is C20H28N2O3. The number of urea groups is 1. The molecule has 0 bridgehead atoms. The van der Waals surface area contributed by atoms with Crippen molar-refractivity contribution < 1.29 is 14.4 Å². The Hall–Kier alpha value is -2.17. The highest BCUT2D eigenvalue weighted by atomic mass is 16.2. The van der Waals surface area contributed by atoms with Gasteiger partial charge in [0, 0.05) is 6.42 Å². The maximum absolute atomic E-state index is 12.9. The summed E-state index contributed by atoms with van der Waals surface area (Å²) in [4.78, 5) is 40.8. The molecule has 0 unspecified atom stereocenters. The zero-order valence-corrected chi connectivity index (χ0v) is 15.6.